The lowest BCUT2D eigenvalue weighted by Crippen LogP contribution is -2.21. The molecule has 0 spiro atoms. The lowest BCUT2D eigenvalue weighted by molar-refractivity contribution is -0.140. The maximum atomic E-state index is 10.8. The molecule has 0 bridgehead atoms. The van der Waals surface area contributed by atoms with E-state index in [0.29, 0.717) is 6.42 Å². The van der Waals surface area contributed by atoms with Gasteiger partial charge in [0.2, 0.25) is 0 Å². The minimum Gasteiger partial charge on any atom is -0.469 e. The van der Waals surface area contributed by atoms with Crippen LogP contribution in [0.2, 0.25) is 0 Å². The van der Waals surface area contributed by atoms with E-state index in [4.69, 9.17) is 0 Å². The quantitative estimate of drug-likeness (QED) is 0.463. The summed E-state index contributed by atoms with van der Waals surface area (Å²) in [6, 6.07) is 0. The fourth-order valence-electron chi connectivity index (χ4n) is 1.09. The van der Waals surface area contributed by atoms with Gasteiger partial charge in [-0.05, 0) is 33.4 Å². The second kappa shape index (κ2) is 7.56. The number of methoxy groups -OCH3 is 1. The Kier molecular flexibility index (Phi) is 7.11. The van der Waals surface area contributed by atoms with E-state index in [1.165, 1.54) is 12.7 Å². The van der Waals surface area contributed by atoms with Crippen LogP contribution in [-0.4, -0.2) is 38.1 Å². The largest absolute Gasteiger partial charge is 0.469 e. The second-order valence-corrected chi connectivity index (χ2v) is 3.69. The second-order valence-electron chi connectivity index (χ2n) is 3.69. The van der Waals surface area contributed by atoms with E-state index < -0.39 is 0 Å². The molecule has 0 aromatic heterocycles. The molecule has 0 saturated heterocycles. The molecule has 3 nitrogen and oxygen atoms in total. The number of esters is 1. The van der Waals surface area contributed by atoms with Gasteiger partial charge in [0.1, 0.15) is 0 Å². The monoisotopic (exact) mass is 199 g/mol. The van der Waals surface area contributed by atoms with Crippen molar-refractivity contribution in [1.82, 2.24) is 4.90 Å². The third-order valence-corrected chi connectivity index (χ3v) is 2.07. The SMILES string of the molecule is C=C(C)CCN(C)CCCC(=O)OC. The molecule has 3 heteroatoms. The van der Waals surface area contributed by atoms with Crippen LogP contribution in [0.25, 0.3) is 0 Å². The van der Waals surface area contributed by atoms with Gasteiger partial charge in [-0.15, -0.1) is 6.58 Å². The van der Waals surface area contributed by atoms with Gasteiger partial charge in [0, 0.05) is 13.0 Å². The Morgan fingerprint density at radius 3 is 2.50 bits per heavy atom. The van der Waals surface area contributed by atoms with Crippen LogP contribution >= 0.6 is 0 Å². The predicted molar refractivity (Wildman–Crippen MR) is 58.2 cm³/mol. The van der Waals surface area contributed by atoms with Crippen molar-refractivity contribution < 1.29 is 9.53 Å². The van der Waals surface area contributed by atoms with Crippen molar-refractivity contribution in [3.8, 4) is 0 Å². The molecule has 0 aliphatic carbocycles. The minimum atomic E-state index is -0.127. The standard InChI is InChI=1S/C11H21NO2/c1-10(2)7-9-12(3)8-5-6-11(13)14-4/h1,5-9H2,2-4H3. The van der Waals surface area contributed by atoms with Gasteiger partial charge in [-0.25, -0.2) is 0 Å². The van der Waals surface area contributed by atoms with Crippen molar-refractivity contribution in [3.05, 3.63) is 12.2 Å². The molecule has 0 unspecified atom stereocenters. The van der Waals surface area contributed by atoms with Crippen molar-refractivity contribution in [3.63, 3.8) is 0 Å². The van der Waals surface area contributed by atoms with Gasteiger partial charge in [0.25, 0.3) is 0 Å². The average Bonchev–Trinajstić information content (AvgIpc) is 2.14. The predicted octanol–water partition coefficient (Wildman–Crippen LogP) is 1.84. The van der Waals surface area contributed by atoms with E-state index in [1.54, 1.807) is 0 Å². The van der Waals surface area contributed by atoms with Crippen molar-refractivity contribution in [2.75, 3.05) is 27.2 Å². The van der Waals surface area contributed by atoms with E-state index in [2.05, 4.69) is 23.3 Å². The molecule has 0 aliphatic heterocycles. The lowest BCUT2D eigenvalue weighted by Gasteiger charge is -2.15. The number of nitrogens with zero attached hydrogens (tertiary/aromatic N) is 1. The van der Waals surface area contributed by atoms with Crippen molar-refractivity contribution in [2.45, 2.75) is 26.2 Å². The molecule has 0 atom stereocenters. The smallest absolute Gasteiger partial charge is 0.305 e. The van der Waals surface area contributed by atoms with E-state index in [1.807, 2.05) is 6.92 Å². The summed E-state index contributed by atoms with van der Waals surface area (Å²) in [6.45, 7) is 7.82. The highest BCUT2D eigenvalue weighted by molar-refractivity contribution is 5.69. The molecule has 82 valence electrons. The van der Waals surface area contributed by atoms with E-state index >= 15 is 0 Å². The lowest BCUT2D eigenvalue weighted by atomic mass is 10.2. The minimum absolute atomic E-state index is 0.127. The molecule has 0 N–H and O–H groups in total. The molecule has 14 heavy (non-hydrogen) atoms. The zero-order valence-corrected chi connectivity index (χ0v) is 9.51. The van der Waals surface area contributed by atoms with Gasteiger partial charge in [-0.3, -0.25) is 4.79 Å². The Labute approximate surface area is 86.7 Å². The van der Waals surface area contributed by atoms with Gasteiger partial charge in [0.05, 0.1) is 7.11 Å². The van der Waals surface area contributed by atoms with Crippen LogP contribution in [0.3, 0.4) is 0 Å². The maximum Gasteiger partial charge on any atom is 0.305 e. The first kappa shape index (κ1) is 13.2. The molecule has 0 rings (SSSR count). The number of ether oxygens (including phenoxy) is 1. The summed E-state index contributed by atoms with van der Waals surface area (Å²) in [6.07, 6.45) is 2.39. The Bertz CT molecular complexity index is 190. The molecule has 0 fully saturated rings. The normalized spacial score (nSPS) is 10.3. The van der Waals surface area contributed by atoms with E-state index in [0.717, 1.165) is 25.9 Å². The number of hydrogen-bond acceptors (Lipinski definition) is 3. The Morgan fingerprint density at radius 2 is 2.00 bits per heavy atom. The summed E-state index contributed by atoms with van der Waals surface area (Å²) < 4.78 is 4.56. The molecule has 0 amide bonds. The van der Waals surface area contributed by atoms with Gasteiger partial charge in [0.15, 0.2) is 0 Å². The number of hydrogen-bond donors (Lipinski definition) is 0. The molecule has 0 aromatic carbocycles. The first-order chi connectivity index (χ1) is 6.56. The van der Waals surface area contributed by atoms with Crippen LogP contribution in [0, 0.1) is 0 Å². The van der Waals surface area contributed by atoms with Crippen LogP contribution in [0.15, 0.2) is 12.2 Å². The number of carbonyl (C=O) groups is 1. The first-order valence-electron chi connectivity index (χ1n) is 4.96. The van der Waals surface area contributed by atoms with Gasteiger partial charge < -0.3 is 9.64 Å². The van der Waals surface area contributed by atoms with Crippen molar-refractivity contribution >= 4 is 5.97 Å². The fraction of sp³-hybridized carbons (Fsp3) is 0.727. The van der Waals surface area contributed by atoms with E-state index in [-0.39, 0.29) is 5.97 Å². The van der Waals surface area contributed by atoms with Crippen LogP contribution in [0.4, 0.5) is 0 Å². The summed E-state index contributed by atoms with van der Waals surface area (Å²) in [5.41, 5.74) is 1.20. The average molecular weight is 199 g/mol. The topological polar surface area (TPSA) is 29.5 Å². The highest BCUT2D eigenvalue weighted by Gasteiger charge is 2.02. The molecule has 0 aromatic rings. The van der Waals surface area contributed by atoms with Crippen molar-refractivity contribution in [2.24, 2.45) is 0 Å². The highest BCUT2D eigenvalue weighted by atomic mass is 16.5. The summed E-state index contributed by atoms with van der Waals surface area (Å²) in [4.78, 5) is 13.0. The van der Waals surface area contributed by atoms with Gasteiger partial charge in [-0.2, -0.15) is 0 Å². The highest BCUT2D eigenvalue weighted by Crippen LogP contribution is 2.00. The van der Waals surface area contributed by atoms with Crippen LogP contribution in [-0.2, 0) is 9.53 Å². The van der Waals surface area contributed by atoms with Gasteiger partial charge in [-0.1, -0.05) is 5.57 Å². The Hall–Kier alpha value is -0.830. The molecular formula is C11H21NO2. The molecule has 0 aliphatic rings. The zero-order chi connectivity index (χ0) is 11.0. The molecule has 0 saturated carbocycles. The number of rotatable bonds is 7. The third-order valence-electron chi connectivity index (χ3n) is 2.07. The number of carbonyl (C=O) groups excluding carboxylic acids is 1. The molecular weight excluding hydrogens is 178 g/mol. The summed E-state index contributed by atoms with van der Waals surface area (Å²) in [7, 11) is 3.48. The summed E-state index contributed by atoms with van der Waals surface area (Å²) >= 11 is 0. The zero-order valence-electron chi connectivity index (χ0n) is 9.51. The Balaban J connectivity index is 3.39. The van der Waals surface area contributed by atoms with Crippen LogP contribution in [0.5, 0.6) is 0 Å². The summed E-state index contributed by atoms with van der Waals surface area (Å²) in [5, 5.41) is 0. The Morgan fingerprint density at radius 1 is 1.36 bits per heavy atom. The third kappa shape index (κ3) is 7.80. The molecule has 0 radical (unpaired) electrons. The first-order valence-corrected chi connectivity index (χ1v) is 4.96. The van der Waals surface area contributed by atoms with Gasteiger partial charge >= 0.3 is 5.97 Å². The fourth-order valence-corrected chi connectivity index (χ4v) is 1.09. The van der Waals surface area contributed by atoms with E-state index in [9.17, 15) is 4.79 Å². The summed E-state index contributed by atoms with van der Waals surface area (Å²) in [5.74, 6) is -0.127. The van der Waals surface area contributed by atoms with Crippen molar-refractivity contribution in [1.29, 1.82) is 0 Å². The molecule has 0 heterocycles. The van der Waals surface area contributed by atoms with Crippen LogP contribution < -0.4 is 0 Å². The van der Waals surface area contributed by atoms with Crippen LogP contribution in [0.1, 0.15) is 26.2 Å². The maximum absolute atomic E-state index is 10.8.